The van der Waals surface area contributed by atoms with Crippen LogP contribution in [0.2, 0.25) is 0 Å². The van der Waals surface area contributed by atoms with Gasteiger partial charge in [0.1, 0.15) is 5.75 Å². The average molecular weight is 284 g/mol. The first-order chi connectivity index (χ1) is 7.39. The summed E-state index contributed by atoms with van der Waals surface area (Å²) < 4.78 is 11.9. The molecule has 1 rings (SSSR count). The van der Waals surface area contributed by atoms with Crippen LogP contribution < -0.4 is 4.65 Å². The van der Waals surface area contributed by atoms with Crippen molar-refractivity contribution in [3.8, 4) is 5.75 Å². The van der Waals surface area contributed by atoms with E-state index in [1.54, 1.807) is 0 Å². The molecule has 0 saturated carbocycles. The van der Waals surface area contributed by atoms with Crippen molar-refractivity contribution in [3.63, 3.8) is 0 Å². The van der Waals surface area contributed by atoms with Crippen molar-refractivity contribution in [3.05, 3.63) is 28.7 Å². The molecule has 0 aliphatic carbocycles. The van der Waals surface area contributed by atoms with E-state index in [4.69, 9.17) is 9.31 Å². The molecule has 1 aromatic rings. The maximum absolute atomic E-state index is 5.48. The fourth-order valence-corrected chi connectivity index (χ4v) is 1.15. The molecular formula is C12H17BBrO2. The largest absolute Gasteiger partial charge is 0.572 e. The number of hydrogen-bond donors (Lipinski definition) is 0. The third-order valence-corrected chi connectivity index (χ3v) is 3.01. The van der Waals surface area contributed by atoms with Crippen LogP contribution in [0.3, 0.4) is 0 Å². The minimum atomic E-state index is 0.111. The summed E-state index contributed by atoms with van der Waals surface area (Å²) in [5, 5.41) is 0. The molecule has 16 heavy (non-hydrogen) atoms. The van der Waals surface area contributed by atoms with Gasteiger partial charge < -0.3 is 9.31 Å². The molecule has 1 radical (unpaired) electrons. The second kappa shape index (κ2) is 5.73. The molecule has 0 N–H and O–H groups in total. The normalized spacial score (nSPS) is 13.3. The van der Waals surface area contributed by atoms with Crippen LogP contribution in [0.1, 0.15) is 27.7 Å². The van der Waals surface area contributed by atoms with Crippen molar-refractivity contribution in [1.29, 1.82) is 0 Å². The van der Waals surface area contributed by atoms with Gasteiger partial charge in [-0.25, -0.2) is 0 Å². The van der Waals surface area contributed by atoms with Crippen LogP contribution >= 0.6 is 15.9 Å². The Kier molecular flexibility index (Phi) is 4.87. The van der Waals surface area contributed by atoms with Gasteiger partial charge in [0.25, 0.3) is 0 Å². The van der Waals surface area contributed by atoms with E-state index in [0.29, 0.717) is 0 Å². The first-order valence-corrected chi connectivity index (χ1v) is 6.08. The van der Waals surface area contributed by atoms with E-state index in [0.717, 1.165) is 10.2 Å². The van der Waals surface area contributed by atoms with Crippen LogP contribution in [0, 0.1) is 5.41 Å². The maximum atomic E-state index is 5.48. The highest BCUT2D eigenvalue weighted by atomic mass is 79.9. The van der Waals surface area contributed by atoms with E-state index in [9.17, 15) is 0 Å². The van der Waals surface area contributed by atoms with Crippen LogP contribution in [-0.4, -0.2) is 13.8 Å². The zero-order chi connectivity index (χ0) is 12.2. The third-order valence-electron chi connectivity index (χ3n) is 2.48. The van der Waals surface area contributed by atoms with Crippen LogP contribution in [-0.2, 0) is 4.65 Å². The smallest absolute Gasteiger partial charge is 0.537 e. The lowest BCUT2D eigenvalue weighted by atomic mass is 9.90. The fraction of sp³-hybridized carbons (Fsp3) is 0.500. The Hall–Kier alpha value is -0.475. The molecule has 0 amide bonds. The maximum Gasteiger partial charge on any atom is 0.572 e. The molecule has 0 heterocycles. The van der Waals surface area contributed by atoms with Gasteiger partial charge >= 0.3 is 7.69 Å². The molecule has 0 aliphatic rings. The molecule has 87 valence electrons. The Morgan fingerprint density at radius 3 is 2.25 bits per heavy atom. The lowest BCUT2D eigenvalue weighted by molar-refractivity contribution is 0.0943. The molecule has 1 atom stereocenters. The SMILES string of the molecule is CC(O[B]Oc1ccc(Br)cc1)C(C)(C)C. The summed E-state index contributed by atoms with van der Waals surface area (Å²) in [4.78, 5) is 0. The van der Waals surface area contributed by atoms with Crippen molar-refractivity contribution < 1.29 is 9.31 Å². The van der Waals surface area contributed by atoms with Gasteiger partial charge in [-0.2, -0.15) is 0 Å². The second-order valence-corrected chi connectivity index (χ2v) is 5.73. The molecule has 0 aromatic heterocycles. The summed E-state index contributed by atoms with van der Waals surface area (Å²) in [6, 6.07) is 7.62. The van der Waals surface area contributed by atoms with Crippen molar-refractivity contribution >= 4 is 23.6 Å². The molecule has 1 unspecified atom stereocenters. The monoisotopic (exact) mass is 283 g/mol. The van der Waals surface area contributed by atoms with Crippen molar-refractivity contribution in [2.45, 2.75) is 33.8 Å². The zero-order valence-electron chi connectivity index (χ0n) is 10.2. The van der Waals surface area contributed by atoms with Crippen molar-refractivity contribution in [1.82, 2.24) is 0 Å². The molecule has 2 nitrogen and oxygen atoms in total. The molecule has 0 aliphatic heterocycles. The minimum absolute atomic E-state index is 0.111. The third kappa shape index (κ3) is 4.58. The van der Waals surface area contributed by atoms with Crippen LogP contribution in [0.4, 0.5) is 0 Å². The van der Waals surface area contributed by atoms with E-state index >= 15 is 0 Å². The Labute approximate surface area is 107 Å². The zero-order valence-corrected chi connectivity index (χ0v) is 11.7. The molecule has 0 saturated heterocycles. The molecule has 0 spiro atoms. The molecule has 0 bridgehead atoms. The van der Waals surface area contributed by atoms with Gasteiger partial charge in [-0.05, 0) is 36.6 Å². The Bertz CT molecular complexity index is 319. The fourth-order valence-electron chi connectivity index (χ4n) is 0.884. The van der Waals surface area contributed by atoms with E-state index in [1.807, 2.05) is 31.2 Å². The lowest BCUT2D eigenvalue weighted by Crippen LogP contribution is -2.29. The van der Waals surface area contributed by atoms with Gasteiger partial charge in [0, 0.05) is 10.6 Å². The quantitative estimate of drug-likeness (QED) is 0.783. The van der Waals surface area contributed by atoms with Gasteiger partial charge in [-0.3, -0.25) is 0 Å². The van der Waals surface area contributed by atoms with Gasteiger partial charge in [-0.15, -0.1) is 0 Å². The van der Waals surface area contributed by atoms with Gasteiger partial charge in [0.2, 0.25) is 0 Å². The second-order valence-electron chi connectivity index (χ2n) is 4.81. The minimum Gasteiger partial charge on any atom is -0.537 e. The Morgan fingerprint density at radius 1 is 1.19 bits per heavy atom. The standard InChI is InChI=1S/C12H17BBrO2/c1-9(12(2,3)4)15-13-16-11-7-5-10(14)6-8-11/h5-9H,1-4H3. The van der Waals surface area contributed by atoms with Gasteiger partial charge in [0.05, 0.1) is 0 Å². The van der Waals surface area contributed by atoms with Gasteiger partial charge in [-0.1, -0.05) is 36.7 Å². The number of benzene rings is 1. The highest BCUT2D eigenvalue weighted by Gasteiger charge is 2.21. The number of rotatable bonds is 4. The highest BCUT2D eigenvalue weighted by molar-refractivity contribution is 9.10. The van der Waals surface area contributed by atoms with Crippen LogP contribution in [0.25, 0.3) is 0 Å². The first-order valence-electron chi connectivity index (χ1n) is 5.29. The van der Waals surface area contributed by atoms with Crippen molar-refractivity contribution in [2.24, 2.45) is 5.41 Å². The molecular weight excluding hydrogens is 267 g/mol. The number of halogens is 1. The lowest BCUT2D eigenvalue weighted by Gasteiger charge is -2.26. The van der Waals surface area contributed by atoms with E-state index in [2.05, 4.69) is 36.7 Å². The first kappa shape index (κ1) is 13.6. The average Bonchev–Trinajstić information content (AvgIpc) is 2.19. The number of hydrogen-bond acceptors (Lipinski definition) is 2. The summed E-state index contributed by atoms with van der Waals surface area (Å²) >= 11 is 3.37. The predicted octanol–water partition coefficient (Wildman–Crippen LogP) is 3.81. The topological polar surface area (TPSA) is 18.5 Å². The van der Waals surface area contributed by atoms with E-state index < -0.39 is 0 Å². The Morgan fingerprint density at radius 2 is 1.75 bits per heavy atom. The summed E-state index contributed by atoms with van der Waals surface area (Å²) in [5.74, 6) is 0.768. The summed E-state index contributed by atoms with van der Waals surface area (Å²) in [6.45, 7) is 8.42. The predicted molar refractivity (Wildman–Crippen MR) is 70.5 cm³/mol. The molecule has 0 fully saturated rings. The van der Waals surface area contributed by atoms with Crippen molar-refractivity contribution in [2.75, 3.05) is 0 Å². The van der Waals surface area contributed by atoms with E-state index in [1.165, 1.54) is 7.69 Å². The summed E-state index contributed by atoms with van der Waals surface area (Å²) in [6.07, 6.45) is 0.114. The van der Waals surface area contributed by atoms with E-state index in [-0.39, 0.29) is 11.5 Å². The highest BCUT2D eigenvalue weighted by Crippen LogP contribution is 2.21. The summed E-state index contributed by atoms with van der Waals surface area (Å²) in [5.41, 5.74) is 0.111. The van der Waals surface area contributed by atoms with Crippen LogP contribution in [0.15, 0.2) is 28.7 Å². The molecule has 1 aromatic carbocycles. The summed E-state index contributed by atoms with van der Waals surface area (Å²) in [7, 11) is 1.40. The van der Waals surface area contributed by atoms with Crippen LogP contribution in [0.5, 0.6) is 5.75 Å². The van der Waals surface area contributed by atoms with Gasteiger partial charge in [0.15, 0.2) is 0 Å². The molecule has 4 heteroatoms. The Balaban J connectivity index is 2.33.